The number of thioether (sulfide) groups is 1. The molecule has 0 saturated heterocycles. The van der Waals surface area contributed by atoms with Crippen LogP contribution in [0.15, 0.2) is 0 Å². The van der Waals surface area contributed by atoms with Crippen molar-refractivity contribution in [1.29, 1.82) is 0 Å². The summed E-state index contributed by atoms with van der Waals surface area (Å²) in [5, 5.41) is 16.5. The third-order valence-corrected chi connectivity index (χ3v) is 1.88. The van der Waals surface area contributed by atoms with E-state index >= 15 is 0 Å². The van der Waals surface area contributed by atoms with Crippen molar-refractivity contribution in [3.63, 3.8) is 0 Å². The number of hydrogen-bond donors (Lipinski definition) is 2. The first-order valence-electron chi connectivity index (χ1n) is 3.26. The Balaban J connectivity index is 3.04. The van der Waals surface area contributed by atoms with Gasteiger partial charge in [0.25, 0.3) is 0 Å². The molecule has 0 atom stereocenters. The Morgan fingerprint density at radius 2 is 2.09 bits per heavy atom. The Kier molecular flexibility index (Phi) is 7.66. The van der Waals surface area contributed by atoms with Crippen LogP contribution in [0.4, 0.5) is 0 Å². The van der Waals surface area contributed by atoms with Gasteiger partial charge in [-0.15, -0.1) is 0 Å². The average molecular weight is 180 g/mol. The zero-order chi connectivity index (χ0) is 8.53. The van der Waals surface area contributed by atoms with Crippen LogP contribution in [0.1, 0.15) is 6.42 Å². The molecule has 0 aliphatic rings. The first-order chi connectivity index (χ1) is 5.31. The first kappa shape index (κ1) is 10.7. The topological polar surface area (TPSA) is 66.8 Å². The fourth-order valence-electron chi connectivity index (χ4n) is 0.466. The molecule has 0 saturated carbocycles. The molecule has 0 aliphatic heterocycles. The van der Waals surface area contributed by atoms with Crippen molar-refractivity contribution in [2.75, 3.05) is 24.9 Å². The summed E-state index contributed by atoms with van der Waals surface area (Å²) < 4.78 is 4.26. The molecule has 0 unspecified atom stereocenters. The van der Waals surface area contributed by atoms with E-state index in [4.69, 9.17) is 10.2 Å². The summed E-state index contributed by atoms with van der Waals surface area (Å²) in [5.74, 6) is 0.851. The maximum Gasteiger partial charge on any atom is 0.308 e. The molecule has 0 spiro atoms. The quantitative estimate of drug-likeness (QED) is 0.330. The maximum absolute atomic E-state index is 10.5. The van der Waals surface area contributed by atoms with Crippen molar-refractivity contribution < 1.29 is 19.7 Å². The minimum atomic E-state index is -0.552. The number of hydrogen-bond acceptors (Lipinski definition) is 5. The summed E-state index contributed by atoms with van der Waals surface area (Å²) >= 11 is 1.47. The van der Waals surface area contributed by atoms with Crippen molar-refractivity contribution in [3.05, 3.63) is 0 Å². The van der Waals surface area contributed by atoms with Crippen LogP contribution in [-0.2, 0) is 9.53 Å². The second-order valence-electron chi connectivity index (χ2n) is 1.73. The molecule has 0 aromatic heterocycles. The lowest BCUT2D eigenvalue weighted by Crippen LogP contribution is -2.06. The highest BCUT2D eigenvalue weighted by Crippen LogP contribution is 2.01. The summed E-state index contributed by atoms with van der Waals surface area (Å²) in [6.45, 7) is -0.427. The van der Waals surface area contributed by atoms with Crippen molar-refractivity contribution in [3.8, 4) is 0 Å². The molecule has 2 N–H and O–H groups in total. The molecule has 0 fully saturated rings. The van der Waals surface area contributed by atoms with E-state index in [9.17, 15) is 4.79 Å². The van der Waals surface area contributed by atoms with Gasteiger partial charge in [0.05, 0.1) is 13.0 Å². The first-order valence-corrected chi connectivity index (χ1v) is 4.41. The molecule has 0 rings (SSSR count). The number of ether oxygens (including phenoxy) is 1. The van der Waals surface area contributed by atoms with E-state index in [0.29, 0.717) is 11.5 Å². The lowest BCUT2D eigenvalue weighted by Gasteiger charge is -1.99. The zero-order valence-electron chi connectivity index (χ0n) is 6.15. The molecule has 0 amide bonds. The average Bonchev–Trinajstić information content (AvgIpc) is 1.99. The second-order valence-corrected chi connectivity index (χ2v) is 2.96. The minimum Gasteiger partial charge on any atom is -0.439 e. The lowest BCUT2D eigenvalue weighted by atomic mass is 10.5. The van der Waals surface area contributed by atoms with Crippen molar-refractivity contribution >= 4 is 17.7 Å². The van der Waals surface area contributed by atoms with Gasteiger partial charge in [0.15, 0.2) is 6.79 Å². The van der Waals surface area contributed by atoms with Crippen LogP contribution in [-0.4, -0.2) is 41.1 Å². The smallest absolute Gasteiger partial charge is 0.308 e. The molecule has 0 aliphatic carbocycles. The summed E-state index contributed by atoms with van der Waals surface area (Å²) in [6, 6.07) is 0. The number of carbonyl (C=O) groups is 1. The van der Waals surface area contributed by atoms with E-state index < -0.39 is 12.8 Å². The number of rotatable bonds is 6. The highest BCUT2D eigenvalue weighted by Gasteiger charge is 2.00. The molecule has 0 heterocycles. The largest absolute Gasteiger partial charge is 0.439 e. The Morgan fingerprint density at radius 1 is 1.36 bits per heavy atom. The van der Waals surface area contributed by atoms with Gasteiger partial charge in [-0.3, -0.25) is 4.79 Å². The number of esters is 1. The van der Waals surface area contributed by atoms with Gasteiger partial charge in [-0.05, 0) is 0 Å². The van der Waals surface area contributed by atoms with Crippen molar-refractivity contribution in [1.82, 2.24) is 0 Å². The van der Waals surface area contributed by atoms with Crippen LogP contribution >= 0.6 is 11.8 Å². The van der Waals surface area contributed by atoms with Crippen LogP contribution in [0.2, 0.25) is 0 Å². The third-order valence-electron chi connectivity index (χ3n) is 0.912. The maximum atomic E-state index is 10.5. The monoisotopic (exact) mass is 180 g/mol. The second kappa shape index (κ2) is 7.84. The van der Waals surface area contributed by atoms with Crippen molar-refractivity contribution in [2.45, 2.75) is 6.42 Å². The van der Waals surface area contributed by atoms with Gasteiger partial charge in [-0.25, -0.2) is 0 Å². The normalized spacial score (nSPS) is 9.64. The van der Waals surface area contributed by atoms with Gasteiger partial charge < -0.3 is 14.9 Å². The number of aliphatic hydroxyl groups excluding tert-OH is 2. The zero-order valence-corrected chi connectivity index (χ0v) is 6.97. The molecule has 0 aromatic rings. The molecule has 0 aromatic carbocycles. The summed E-state index contributed by atoms with van der Waals surface area (Å²) in [7, 11) is 0. The predicted octanol–water partition coefficient (Wildman–Crippen LogP) is -0.405. The molecule has 5 heteroatoms. The number of aliphatic hydroxyl groups is 2. The predicted molar refractivity (Wildman–Crippen MR) is 42.2 cm³/mol. The molecule has 66 valence electrons. The molecule has 0 bridgehead atoms. The minimum absolute atomic E-state index is 0.125. The van der Waals surface area contributed by atoms with Crippen molar-refractivity contribution in [2.24, 2.45) is 0 Å². The SMILES string of the molecule is O=C(CCSCCO)OCO. The van der Waals surface area contributed by atoms with Crippen LogP contribution in [0.25, 0.3) is 0 Å². The Labute approximate surface area is 69.6 Å². The fourth-order valence-corrected chi connectivity index (χ4v) is 1.11. The van der Waals surface area contributed by atoms with Crippen LogP contribution in [0.3, 0.4) is 0 Å². The van der Waals surface area contributed by atoms with E-state index in [0.717, 1.165) is 0 Å². The Morgan fingerprint density at radius 3 is 2.64 bits per heavy atom. The Bertz CT molecular complexity index is 107. The van der Waals surface area contributed by atoms with Gasteiger partial charge in [0.2, 0.25) is 0 Å². The fraction of sp³-hybridized carbons (Fsp3) is 0.833. The molecular formula is C6H12O4S. The summed E-state index contributed by atoms with van der Waals surface area (Å²) in [6.07, 6.45) is 0.283. The van der Waals surface area contributed by atoms with Crippen LogP contribution in [0, 0.1) is 0 Å². The van der Waals surface area contributed by atoms with Crippen LogP contribution in [0.5, 0.6) is 0 Å². The van der Waals surface area contributed by atoms with Gasteiger partial charge in [0.1, 0.15) is 0 Å². The molecule has 4 nitrogen and oxygen atoms in total. The highest BCUT2D eigenvalue weighted by atomic mass is 32.2. The van der Waals surface area contributed by atoms with Gasteiger partial charge >= 0.3 is 5.97 Å². The van der Waals surface area contributed by atoms with Gasteiger partial charge in [-0.2, -0.15) is 11.8 Å². The van der Waals surface area contributed by atoms with Crippen LogP contribution < -0.4 is 0 Å². The van der Waals surface area contributed by atoms with E-state index in [1.54, 1.807) is 0 Å². The van der Waals surface area contributed by atoms with E-state index in [2.05, 4.69) is 4.74 Å². The highest BCUT2D eigenvalue weighted by molar-refractivity contribution is 7.99. The van der Waals surface area contributed by atoms with Gasteiger partial charge in [0, 0.05) is 11.5 Å². The van der Waals surface area contributed by atoms with E-state index in [1.165, 1.54) is 11.8 Å². The standard InChI is InChI=1S/C6H12O4S/c7-2-4-11-3-1-6(9)10-5-8/h7-8H,1-5H2. The Hall–Kier alpha value is -0.260. The molecule has 0 radical (unpaired) electrons. The van der Waals surface area contributed by atoms with E-state index in [-0.39, 0.29) is 13.0 Å². The lowest BCUT2D eigenvalue weighted by molar-refractivity contribution is -0.151. The molecule has 11 heavy (non-hydrogen) atoms. The van der Waals surface area contributed by atoms with Gasteiger partial charge in [-0.1, -0.05) is 0 Å². The summed E-state index contributed by atoms with van der Waals surface area (Å²) in [4.78, 5) is 10.5. The third kappa shape index (κ3) is 7.64. The summed E-state index contributed by atoms with van der Waals surface area (Å²) in [5.41, 5.74) is 0. The number of carbonyl (C=O) groups excluding carboxylic acids is 1. The molecular weight excluding hydrogens is 168 g/mol. The van der Waals surface area contributed by atoms with E-state index in [1.807, 2.05) is 0 Å².